The molecule has 0 saturated carbocycles. The number of hydrogen-bond acceptors (Lipinski definition) is 3. The van der Waals surface area contributed by atoms with Crippen LogP contribution in [0.15, 0.2) is 18.2 Å². The fraction of sp³-hybridized carbons (Fsp3) is 0.562. The van der Waals surface area contributed by atoms with Crippen LogP contribution in [-0.2, 0) is 4.74 Å². The van der Waals surface area contributed by atoms with Crippen LogP contribution in [-0.4, -0.2) is 31.2 Å². The van der Waals surface area contributed by atoms with Crippen LogP contribution in [0, 0.1) is 6.92 Å². The molecule has 4 heteroatoms. The van der Waals surface area contributed by atoms with E-state index in [1.807, 2.05) is 32.0 Å². The van der Waals surface area contributed by atoms with Crippen molar-refractivity contribution in [3.8, 4) is 0 Å². The van der Waals surface area contributed by atoms with Gasteiger partial charge < -0.3 is 15.4 Å². The topological polar surface area (TPSA) is 50.4 Å². The van der Waals surface area contributed by atoms with Gasteiger partial charge in [-0.25, -0.2) is 0 Å². The Morgan fingerprint density at radius 2 is 2.20 bits per heavy atom. The molecule has 4 nitrogen and oxygen atoms in total. The molecule has 0 radical (unpaired) electrons. The number of anilines is 1. The van der Waals surface area contributed by atoms with E-state index < -0.39 is 0 Å². The van der Waals surface area contributed by atoms with Crippen molar-refractivity contribution in [2.75, 3.05) is 18.4 Å². The van der Waals surface area contributed by atoms with Gasteiger partial charge in [0.05, 0.1) is 12.2 Å². The molecule has 0 spiro atoms. The van der Waals surface area contributed by atoms with Gasteiger partial charge >= 0.3 is 0 Å². The third-order valence-corrected chi connectivity index (χ3v) is 3.67. The molecule has 2 unspecified atom stereocenters. The number of rotatable bonds is 5. The molecule has 1 aliphatic rings. The van der Waals surface area contributed by atoms with Crippen molar-refractivity contribution in [2.24, 2.45) is 0 Å². The molecule has 20 heavy (non-hydrogen) atoms. The molecule has 0 bridgehead atoms. The lowest BCUT2D eigenvalue weighted by Crippen LogP contribution is -2.23. The summed E-state index contributed by atoms with van der Waals surface area (Å²) < 4.78 is 5.79. The number of benzene rings is 1. The van der Waals surface area contributed by atoms with E-state index in [4.69, 9.17) is 4.74 Å². The Morgan fingerprint density at radius 3 is 2.80 bits per heavy atom. The largest absolute Gasteiger partial charge is 0.382 e. The van der Waals surface area contributed by atoms with Crippen LogP contribution in [0.25, 0.3) is 0 Å². The number of hydrogen-bond donors (Lipinski definition) is 2. The van der Waals surface area contributed by atoms with Gasteiger partial charge in [-0.1, -0.05) is 0 Å². The van der Waals surface area contributed by atoms with E-state index in [-0.39, 0.29) is 5.91 Å². The maximum absolute atomic E-state index is 11.8. The number of carbonyl (C=O) groups is 1. The molecule has 2 atom stereocenters. The summed E-state index contributed by atoms with van der Waals surface area (Å²) in [5, 5.41) is 6.23. The summed E-state index contributed by atoms with van der Waals surface area (Å²) in [4.78, 5) is 11.8. The van der Waals surface area contributed by atoms with Crippen molar-refractivity contribution in [3.63, 3.8) is 0 Å². The summed E-state index contributed by atoms with van der Waals surface area (Å²) in [6, 6.07) is 5.75. The van der Waals surface area contributed by atoms with Crippen LogP contribution in [0.3, 0.4) is 0 Å². The van der Waals surface area contributed by atoms with E-state index in [1.54, 1.807) is 0 Å². The molecule has 1 aliphatic heterocycles. The Kier molecular flexibility index (Phi) is 5.01. The summed E-state index contributed by atoms with van der Waals surface area (Å²) >= 11 is 0. The molecule has 1 heterocycles. The average Bonchev–Trinajstić information content (AvgIpc) is 2.83. The predicted octanol–water partition coefficient (Wildman–Crippen LogP) is 2.72. The fourth-order valence-corrected chi connectivity index (χ4v) is 2.53. The van der Waals surface area contributed by atoms with Gasteiger partial charge in [-0.05, 0) is 57.4 Å². The van der Waals surface area contributed by atoms with Crippen LogP contribution in [0.2, 0.25) is 0 Å². The maximum atomic E-state index is 11.8. The highest BCUT2D eigenvalue weighted by Crippen LogP contribution is 2.21. The summed E-state index contributed by atoms with van der Waals surface area (Å²) in [5.41, 5.74) is 2.86. The van der Waals surface area contributed by atoms with Gasteiger partial charge in [0.25, 0.3) is 5.91 Å². The molecule has 1 fully saturated rings. The van der Waals surface area contributed by atoms with Crippen molar-refractivity contribution < 1.29 is 9.53 Å². The molecule has 1 aromatic rings. The van der Waals surface area contributed by atoms with Crippen LogP contribution in [0.1, 0.15) is 42.6 Å². The summed E-state index contributed by atoms with van der Waals surface area (Å²) in [6.07, 6.45) is 2.93. The standard InChI is InChI=1S/C16H24N2O2/c1-4-17-16(19)13-6-8-15(11(2)9-13)18-10-14-7-5-12(3)20-14/h6,8-9,12,14,18H,4-5,7,10H2,1-3H3,(H,17,19). The van der Waals surface area contributed by atoms with E-state index in [2.05, 4.69) is 17.6 Å². The lowest BCUT2D eigenvalue weighted by atomic mass is 10.1. The molecule has 0 aliphatic carbocycles. The predicted molar refractivity (Wildman–Crippen MR) is 81.2 cm³/mol. The Balaban J connectivity index is 1.94. The SMILES string of the molecule is CCNC(=O)c1ccc(NCC2CCC(C)O2)c(C)c1. The molecule has 1 saturated heterocycles. The Bertz CT molecular complexity index is 474. The van der Waals surface area contributed by atoms with Crippen molar-refractivity contribution in [1.29, 1.82) is 0 Å². The lowest BCUT2D eigenvalue weighted by Gasteiger charge is -2.15. The first-order valence-corrected chi connectivity index (χ1v) is 7.38. The number of nitrogens with one attached hydrogen (secondary N) is 2. The second kappa shape index (κ2) is 6.75. The van der Waals surface area contributed by atoms with Gasteiger partial charge in [-0.3, -0.25) is 4.79 Å². The average molecular weight is 276 g/mol. The number of amides is 1. The van der Waals surface area contributed by atoms with Gasteiger partial charge in [0.1, 0.15) is 0 Å². The second-order valence-electron chi connectivity index (χ2n) is 5.42. The molecular formula is C16H24N2O2. The summed E-state index contributed by atoms with van der Waals surface area (Å²) in [6.45, 7) is 7.53. The van der Waals surface area contributed by atoms with Gasteiger partial charge in [-0.2, -0.15) is 0 Å². The zero-order valence-corrected chi connectivity index (χ0v) is 12.5. The van der Waals surface area contributed by atoms with Crippen LogP contribution in [0.5, 0.6) is 0 Å². The zero-order chi connectivity index (χ0) is 14.5. The molecule has 110 valence electrons. The zero-order valence-electron chi connectivity index (χ0n) is 12.5. The van der Waals surface area contributed by atoms with Crippen LogP contribution >= 0.6 is 0 Å². The molecule has 2 rings (SSSR count). The Labute approximate surface area is 120 Å². The van der Waals surface area contributed by atoms with Gasteiger partial charge in [0.2, 0.25) is 0 Å². The number of aryl methyl sites for hydroxylation is 1. The quantitative estimate of drug-likeness (QED) is 0.869. The van der Waals surface area contributed by atoms with E-state index in [9.17, 15) is 4.79 Å². The van der Waals surface area contributed by atoms with Gasteiger partial charge in [0, 0.05) is 24.3 Å². The highest BCUT2D eigenvalue weighted by molar-refractivity contribution is 5.94. The summed E-state index contributed by atoms with van der Waals surface area (Å²) in [7, 11) is 0. The third kappa shape index (κ3) is 3.73. The van der Waals surface area contributed by atoms with E-state index in [0.29, 0.717) is 24.3 Å². The molecule has 1 amide bonds. The van der Waals surface area contributed by atoms with Crippen LogP contribution in [0.4, 0.5) is 5.69 Å². The first-order valence-electron chi connectivity index (χ1n) is 7.38. The van der Waals surface area contributed by atoms with Gasteiger partial charge in [-0.15, -0.1) is 0 Å². The van der Waals surface area contributed by atoms with Crippen molar-refractivity contribution in [1.82, 2.24) is 5.32 Å². The van der Waals surface area contributed by atoms with Gasteiger partial charge in [0.15, 0.2) is 0 Å². The normalized spacial score (nSPS) is 21.8. The Morgan fingerprint density at radius 1 is 1.40 bits per heavy atom. The van der Waals surface area contributed by atoms with E-state index >= 15 is 0 Å². The molecule has 2 N–H and O–H groups in total. The third-order valence-electron chi connectivity index (χ3n) is 3.67. The smallest absolute Gasteiger partial charge is 0.251 e. The summed E-state index contributed by atoms with van der Waals surface area (Å²) in [5.74, 6) is -0.0184. The van der Waals surface area contributed by atoms with E-state index in [0.717, 1.165) is 30.6 Å². The van der Waals surface area contributed by atoms with Crippen LogP contribution < -0.4 is 10.6 Å². The minimum Gasteiger partial charge on any atom is -0.382 e. The highest BCUT2D eigenvalue weighted by Gasteiger charge is 2.21. The molecule has 1 aromatic carbocycles. The monoisotopic (exact) mass is 276 g/mol. The maximum Gasteiger partial charge on any atom is 0.251 e. The molecule has 0 aromatic heterocycles. The van der Waals surface area contributed by atoms with Crippen molar-refractivity contribution in [3.05, 3.63) is 29.3 Å². The fourth-order valence-electron chi connectivity index (χ4n) is 2.53. The first-order chi connectivity index (χ1) is 9.60. The second-order valence-corrected chi connectivity index (χ2v) is 5.42. The van der Waals surface area contributed by atoms with Crippen molar-refractivity contribution >= 4 is 11.6 Å². The molecular weight excluding hydrogens is 252 g/mol. The minimum absolute atomic E-state index is 0.0184. The first kappa shape index (κ1) is 14.9. The highest BCUT2D eigenvalue weighted by atomic mass is 16.5. The minimum atomic E-state index is -0.0184. The Hall–Kier alpha value is -1.55. The van der Waals surface area contributed by atoms with Crippen molar-refractivity contribution in [2.45, 2.75) is 45.8 Å². The number of ether oxygens (including phenoxy) is 1. The number of carbonyl (C=O) groups excluding carboxylic acids is 1. The lowest BCUT2D eigenvalue weighted by molar-refractivity contribution is 0.0637. The van der Waals surface area contributed by atoms with E-state index in [1.165, 1.54) is 0 Å².